The van der Waals surface area contributed by atoms with Crippen LogP contribution in [0.15, 0.2) is 0 Å². The minimum atomic E-state index is -0.795. The Kier molecular flexibility index (Phi) is 7.41. The van der Waals surface area contributed by atoms with Crippen LogP contribution < -0.4 is 5.32 Å². The van der Waals surface area contributed by atoms with E-state index in [2.05, 4.69) is 5.32 Å². The van der Waals surface area contributed by atoms with Gasteiger partial charge in [-0.1, -0.05) is 40.0 Å². The van der Waals surface area contributed by atoms with Crippen molar-refractivity contribution in [2.75, 3.05) is 6.54 Å². The third kappa shape index (κ3) is 6.26. The minimum Gasteiger partial charge on any atom is -0.425 e. The molecule has 0 aromatic rings. The average molecular weight is 285 g/mol. The second-order valence-electron chi connectivity index (χ2n) is 5.72. The summed E-state index contributed by atoms with van der Waals surface area (Å²) < 4.78 is 10.2. The Morgan fingerprint density at radius 3 is 2.35 bits per heavy atom. The zero-order chi connectivity index (χ0) is 15.0. The van der Waals surface area contributed by atoms with E-state index in [9.17, 15) is 9.59 Å². The van der Waals surface area contributed by atoms with Crippen molar-refractivity contribution < 1.29 is 19.1 Å². The van der Waals surface area contributed by atoms with Crippen molar-refractivity contribution >= 4 is 12.1 Å². The second-order valence-corrected chi connectivity index (χ2v) is 5.72. The molecule has 1 aliphatic rings. The van der Waals surface area contributed by atoms with Gasteiger partial charge >= 0.3 is 12.1 Å². The molecule has 1 aliphatic carbocycles. The zero-order valence-corrected chi connectivity index (χ0v) is 12.8. The van der Waals surface area contributed by atoms with E-state index in [1.54, 1.807) is 13.8 Å². The van der Waals surface area contributed by atoms with E-state index < -0.39 is 12.4 Å². The van der Waals surface area contributed by atoms with Gasteiger partial charge in [-0.3, -0.25) is 4.79 Å². The lowest BCUT2D eigenvalue weighted by molar-refractivity contribution is -0.171. The van der Waals surface area contributed by atoms with E-state index >= 15 is 0 Å². The molecule has 20 heavy (non-hydrogen) atoms. The maximum atomic E-state index is 11.7. The van der Waals surface area contributed by atoms with Gasteiger partial charge in [-0.05, 0) is 18.8 Å². The molecular formula is C15H27NO4. The Labute approximate surface area is 121 Å². The third-order valence-corrected chi connectivity index (χ3v) is 3.55. The van der Waals surface area contributed by atoms with Gasteiger partial charge in [-0.15, -0.1) is 0 Å². The van der Waals surface area contributed by atoms with Crippen molar-refractivity contribution in [2.24, 2.45) is 11.8 Å². The van der Waals surface area contributed by atoms with Crippen LogP contribution in [0, 0.1) is 11.8 Å². The molecule has 5 heteroatoms. The topological polar surface area (TPSA) is 64.6 Å². The third-order valence-electron chi connectivity index (χ3n) is 3.55. The highest BCUT2D eigenvalue weighted by molar-refractivity contribution is 5.72. The highest BCUT2D eigenvalue weighted by atomic mass is 16.7. The fraction of sp³-hybridized carbons (Fsp3) is 0.867. The van der Waals surface area contributed by atoms with Crippen LogP contribution in [0.5, 0.6) is 0 Å². The molecular weight excluding hydrogens is 258 g/mol. The lowest BCUT2D eigenvalue weighted by atomic mass is 9.89. The Bertz CT molecular complexity index is 311. The van der Waals surface area contributed by atoms with E-state index in [1.807, 2.05) is 6.92 Å². The van der Waals surface area contributed by atoms with Crippen LogP contribution in [-0.2, 0) is 14.3 Å². The van der Waals surface area contributed by atoms with Crippen LogP contribution in [-0.4, -0.2) is 24.9 Å². The SMILES string of the molecule is CCC(OC(=O)NCC1CCCCC1)OC(=O)C(C)C. The molecule has 0 radical (unpaired) electrons. The van der Waals surface area contributed by atoms with E-state index in [-0.39, 0.29) is 11.9 Å². The summed E-state index contributed by atoms with van der Waals surface area (Å²) in [5.41, 5.74) is 0. The quantitative estimate of drug-likeness (QED) is 0.601. The van der Waals surface area contributed by atoms with Crippen LogP contribution in [0.1, 0.15) is 59.3 Å². The smallest absolute Gasteiger partial charge is 0.410 e. The van der Waals surface area contributed by atoms with Gasteiger partial charge in [0.05, 0.1) is 5.92 Å². The van der Waals surface area contributed by atoms with Gasteiger partial charge in [0.2, 0.25) is 6.29 Å². The number of carbonyl (C=O) groups excluding carboxylic acids is 2. The Morgan fingerprint density at radius 2 is 1.80 bits per heavy atom. The molecule has 1 atom stereocenters. The first-order valence-corrected chi connectivity index (χ1v) is 7.67. The monoisotopic (exact) mass is 285 g/mol. The van der Waals surface area contributed by atoms with E-state index in [0.29, 0.717) is 18.9 Å². The first kappa shape index (κ1) is 16.8. The van der Waals surface area contributed by atoms with Crippen molar-refractivity contribution in [3.63, 3.8) is 0 Å². The Hall–Kier alpha value is -1.26. The van der Waals surface area contributed by atoms with Gasteiger partial charge in [0.25, 0.3) is 0 Å². The van der Waals surface area contributed by atoms with Gasteiger partial charge in [-0.25, -0.2) is 4.79 Å². The lowest BCUT2D eigenvalue weighted by Gasteiger charge is -2.22. The predicted molar refractivity (Wildman–Crippen MR) is 76.1 cm³/mol. The summed E-state index contributed by atoms with van der Waals surface area (Å²) in [7, 11) is 0. The van der Waals surface area contributed by atoms with E-state index in [1.165, 1.54) is 32.1 Å². The van der Waals surface area contributed by atoms with Gasteiger partial charge in [0, 0.05) is 13.0 Å². The number of hydrogen-bond acceptors (Lipinski definition) is 4. The summed E-state index contributed by atoms with van der Waals surface area (Å²) in [6, 6.07) is 0. The standard InChI is InChI=1S/C15H27NO4/c1-4-13(19-14(17)11(2)3)20-15(18)16-10-12-8-6-5-7-9-12/h11-13H,4-10H2,1-3H3,(H,16,18). The highest BCUT2D eigenvalue weighted by Gasteiger charge is 2.20. The zero-order valence-electron chi connectivity index (χ0n) is 12.8. The molecule has 0 aliphatic heterocycles. The molecule has 1 rings (SSSR count). The fourth-order valence-electron chi connectivity index (χ4n) is 2.24. The second kappa shape index (κ2) is 8.82. The molecule has 0 spiro atoms. The average Bonchev–Trinajstić information content (AvgIpc) is 2.45. The first-order chi connectivity index (χ1) is 9.52. The van der Waals surface area contributed by atoms with Crippen molar-refractivity contribution in [2.45, 2.75) is 65.6 Å². The molecule has 1 fully saturated rings. The van der Waals surface area contributed by atoms with Gasteiger partial charge < -0.3 is 14.8 Å². The van der Waals surface area contributed by atoms with Crippen LogP contribution in [0.2, 0.25) is 0 Å². The maximum absolute atomic E-state index is 11.7. The first-order valence-electron chi connectivity index (χ1n) is 7.67. The van der Waals surface area contributed by atoms with Crippen LogP contribution in [0.25, 0.3) is 0 Å². The van der Waals surface area contributed by atoms with Crippen LogP contribution in [0.4, 0.5) is 4.79 Å². The summed E-state index contributed by atoms with van der Waals surface area (Å²) in [5, 5.41) is 2.77. The lowest BCUT2D eigenvalue weighted by Crippen LogP contribution is -2.35. The van der Waals surface area contributed by atoms with E-state index in [4.69, 9.17) is 9.47 Å². The predicted octanol–water partition coefficient (Wildman–Crippen LogP) is 3.23. The molecule has 116 valence electrons. The number of alkyl carbamates (subject to hydrolysis) is 1. The molecule has 0 saturated heterocycles. The summed E-state index contributed by atoms with van der Waals surface area (Å²) in [6.45, 7) is 5.95. The van der Waals surface area contributed by atoms with Crippen molar-refractivity contribution in [1.82, 2.24) is 5.32 Å². The number of rotatable bonds is 6. The summed E-state index contributed by atoms with van der Waals surface area (Å²) >= 11 is 0. The minimum absolute atomic E-state index is 0.224. The van der Waals surface area contributed by atoms with Crippen LogP contribution >= 0.6 is 0 Å². The number of hydrogen-bond donors (Lipinski definition) is 1. The molecule has 1 N–H and O–H groups in total. The molecule has 1 amide bonds. The van der Waals surface area contributed by atoms with Gasteiger partial charge in [-0.2, -0.15) is 0 Å². The number of amides is 1. The fourth-order valence-corrected chi connectivity index (χ4v) is 2.24. The summed E-state index contributed by atoms with van der Waals surface area (Å²) in [6.07, 6.45) is 5.27. The normalized spacial score (nSPS) is 17.6. The molecule has 1 unspecified atom stereocenters. The number of carbonyl (C=O) groups is 2. The van der Waals surface area contributed by atoms with Gasteiger partial charge in [0.15, 0.2) is 0 Å². The Balaban J connectivity index is 2.26. The van der Waals surface area contributed by atoms with Crippen molar-refractivity contribution in [3.05, 3.63) is 0 Å². The summed E-state index contributed by atoms with van der Waals surface area (Å²) in [5.74, 6) is -0.0236. The molecule has 5 nitrogen and oxygen atoms in total. The van der Waals surface area contributed by atoms with Gasteiger partial charge in [0.1, 0.15) is 0 Å². The molecule has 0 aromatic heterocycles. The molecule has 0 heterocycles. The van der Waals surface area contributed by atoms with Crippen molar-refractivity contribution in [1.29, 1.82) is 0 Å². The van der Waals surface area contributed by atoms with Crippen LogP contribution in [0.3, 0.4) is 0 Å². The summed E-state index contributed by atoms with van der Waals surface area (Å²) in [4.78, 5) is 23.1. The molecule has 1 saturated carbocycles. The Morgan fingerprint density at radius 1 is 1.15 bits per heavy atom. The largest absolute Gasteiger partial charge is 0.425 e. The highest BCUT2D eigenvalue weighted by Crippen LogP contribution is 2.22. The molecule has 0 bridgehead atoms. The van der Waals surface area contributed by atoms with E-state index in [0.717, 1.165) is 0 Å². The van der Waals surface area contributed by atoms with Crippen molar-refractivity contribution in [3.8, 4) is 0 Å². The maximum Gasteiger partial charge on any atom is 0.410 e. The number of esters is 1. The number of nitrogens with one attached hydrogen (secondary N) is 1. The number of ether oxygens (including phenoxy) is 2. The molecule has 0 aromatic carbocycles.